The van der Waals surface area contributed by atoms with Gasteiger partial charge in [0.25, 0.3) is 0 Å². The van der Waals surface area contributed by atoms with Crippen molar-refractivity contribution in [1.82, 2.24) is 0 Å². The van der Waals surface area contributed by atoms with Crippen LogP contribution in [0.25, 0.3) is 24.3 Å². The molecule has 4 aromatic carbocycles. The van der Waals surface area contributed by atoms with Crippen molar-refractivity contribution in [2.24, 2.45) is 0 Å². The number of allylic oxidation sites excluding steroid dienone is 2. The Kier molecular flexibility index (Phi) is 29.2. The molecule has 0 atom stereocenters. The van der Waals surface area contributed by atoms with Crippen molar-refractivity contribution < 1.29 is 57.7 Å². The summed E-state index contributed by atoms with van der Waals surface area (Å²) in [4.78, 5) is 23.7. The van der Waals surface area contributed by atoms with Crippen LogP contribution in [-0.4, -0.2) is 95.7 Å². The van der Waals surface area contributed by atoms with Crippen LogP contribution in [0.15, 0.2) is 72.8 Å². The molecule has 0 fully saturated rings. The van der Waals surface area contributed by atoms with E-state index in [0.717, 1.165) is 11.1 Å². The Morgan fingerprint density at radius 1 is 0.438 bits per heavy atom. The molecule has 2 amide bonds. The zero-order valence-electron chi connectivity index (χ0n) is 39.4. The molecule has 14 nitrogen and oxygen atoms in total. The standard InChI is InChI=1S/2C22H25NO6.2C2H6.2B/c1-6-7-20(24)23-16-10-14(11-17(26-2)21(16)25)8-9-15-12-18(27-3)22(29-5)19(13-15)28-4;1-6-7-20(25)23-16-10-14(11-17(24)21(16)28-4)8-9-15-12-18(26-2)22(29-5)19(13-15)27-3;2*1-2;;/h6-13,25H,1-5H3,(H,23,24);6-13,24H,1-5H3,(H,23,25);2*1-2H3;;/b2*7-6+,9-8-;;;;. The number of methoxy groups -OCH3 is 8. The van der Waals surface area contributed by atoms with E-state index in [9.17, 15) is 19.8 Å². The lowest BCUT2D eigenvalue weighted by molar-refractivity contribution is -0.112. The van der Waals surface area contributed by atoms with E-state index in [1.165, 1.54) is 26.4 Å². The van der Waals surface area contributed by atoms with E-state index >= 15 is 0 Å². The number of aromatic hydroxyl groups is 2. The molecule has 342 valence electrons. The molecule has 4 rings (SSSR count). The lowest BCUT2D eigenvalue weighted by Gasteiger charge is -2.13. The van der Waals surface area contributed by atoms with Crippen LogP contribution >= 0.6 is 0 Å². The van der Waals surface area contributed by atoms with Gasteiger partial charge in [0.05, 0.1) is 68.3 Å². The van der Waals surface area contributed by atoms with Crippen LogP contribution < -0.4 is 48.5 Å². The zero-order valence-corrected chi connectivity index (χ0v) is 39.4. The first-order valence-corrected chi connectivity index (χ1v) is 19.6. The predicted octanol–water partition coefficient (Wildman–Crippen LogP) is 9.51. The minimum Gasteiger partial charge on any atom is -0.504 e. The molecule has 4 aromatic rings. The molecule has 0 aromatic heterocycles. The second-order valence-electron chi connectivity index (χ2n) is 11.8. The minimum absolute atomic E-state index is 0. The molecule has 0 heterocycles. The van der Waals surface area contributed by atoms with Crippen molar-refractivity contribution in [1.29, 1.82) is 0 Å². The number of ether oxygens (including phenoxy) is 8. The lowest BCUT2D eigenvalue weighted by atomic mass is 10.1. The lowest BCUT2D eigenvalue weighted by Crippen LogP contribution is -2.09. The summed E-state index contributed by atoms with van der Waals surface area (Å²) in [5, 5.41) is 25.9. The van der Waals surface area contributed by atoms with Gasteiger partial charge in [0, 0.05) is 16.8 Å². The van der Waals surface area contributed by atoms with E-state index in [2.05, 4.69) is 10.6 Å². The van der Waals surface area contributed by atoms with E-state index in [1.54, 1.807) is 111 Å². The third-order valence-electron chi connectivity index (χ3n) is 8.08. The number of phenols is 2. The normalized spacial score (nSPS) is 10.1. The summed E-state index contributed by atoms with van der Waals surface area (Å²) in [6, 6.07) is 13.8. The third-order valence-corrected chi connectivity index (χ3v) is 8.08. The number of hydrogen-bond donors (Lipinski definition) is 4. The maximum Gasteiger partial charge on any atom is 0.248 e. The maximum atomic E-state index is 11.9. The van der Waals surface area contributed by atoms with Gasteiger partial charge in [-0.1, -0.05) is 64.2 Å². The Hall–Kier alpha value is -7.09. The molecule has 4 N–H and O–H groups in total. The highest BCUT2D eigenvalue weighted by Crippen LogP contribution is 2.41. The predicted molar refractivity (Wildman–Crippen MR) is 260 cm³/mol. The van der Waals surface area contributed by atoms with Gasteiger partial charge in [-0.15, -0.1) is 0 Å². The highest BCUT2D eigenvalue weighted by Gasteiger charge is 2.16. The fourth-order valence-electron chi connectivity index (χ4n) is 5.45. The van der Waals surface area contributed by atoms with Crippen LogP contribution in [0.4, 0.5) is 11.4 Å². The summed E-state index contributed by atoms with van der Waals surface area (Å²) in [6.07, 6.45) is 13.2. The highest BCUT2D eigenvalue weighted by atomic mass is 16.5. The number of phenolic OH excluding ortho intramolecular Hbond substituents is 2. The van der Waals surface area contributed by atoms with Crippen LogP contribution in [0.1, 0.15) is 63.8 Å². The SMILES string of the molecule is C/C=C/C(=O)Nc1cc(/C=C\c2cc(OC)c(OC)c(OC)c2)cc(O)c1OC.C/C=C/C(=O)Nc1cc(/C=C\c2cc(OC)c(OC)c(OC)c2)cc(OC)c1O.CC.CC.[B].[B]. The van der Waals surface area contributed by atoms with Crippen molar-refractivity contribution in [2.45, 2.75) is 41.5 Å². The number of rotatable bonds is 16. The van der Waals surface area contributed by atoms with Crippen LogP contribution in [0.2, 0.25) is 0 Å². The molecule has 0 aliphatic carbocycles. The number of nitrogens with one attached hydrogen (secondary N) is 2. The number of benzene rings is 4. The second kappa shape index (κ2) is 31.7. The van der Waals surface area contributed by atoms with Gasteiger partial charge in [-0.2, -0.15) is 0 Å². The monoisotopic (exact) mass is 880 g/mol. The fraction of sp³-hybridized carbons (Fsp3) is 0.292. The molecule has 0 aliphatic heterocycles. The van der Waals surface area contributed by atoms with Crippen LogP contribution in [-0.2, 0) is 9.59 Å². The molecule has 16 heteroatoms. The van der Waals surface area contributed by atoms with Crippen molar-refractivity contribution in [3.05, 3.63) is 95.1 Å². The topological polar surface area (TPSA) is 172 Å². The minimum atomic E-state index is -0.351. The smallest absolute Gasteiger partial charge is 0.248 e. The Balaban J connectivity index is 0. The van der Waals surface area contributed by atoms with Gasteiger partial charge < -0.3 is 58.7 Å². The zero-order chi connectivity index (χ0) is 46.8. The summed E-state index contributed by atoms with van der Waals surface area (Å²) in [5.41, 5.74) is 3.59. The van der Waals surface area contributed by atoms with Crippen LogP contribution in [0, 0.1) is 0 Å². The van der Waals surface area contributed by atoms with E-state index in [4.69, 9.17) is 37.9 Å². The first-order valence-electron chi connectivity index (χ1n) is 19.6. The van der Waals surface area contributed by atoms with Crippen molar-refractivity contribution >= 4 is 64.3 Å². The summed E-state index contributed by atoms with van der Waals surface area (Å²) < 4.78 is 42.5. The molecule has 0 unspecified atom stereocenters. The maximum absolute atomic E-state index is 11.9. The van der Waals surface area contributed by atoms with Gasteiger partial charge >= 0.3 is 0 Å². The molecule has 0 bridgehead atoms. The van der Waals surface area contributed by atoms with Gasteiger partial charge in [0.2, 0.25) is 23.3 Å². The van der Waals surface area contributed by atoms with Gasteiger partial charge in [-0.25, -0.2) is 0 Å². The summed E-state index contributed by atoms with van der Waals surface area (Å²) >= 11 is 0. The Morgan fingerprint density at radius 2 is 0.734 bits per heavy atom. The largest absolute Gasteiger partial charge is 0.504 e. The average molecular weight is 881 g/mol. The Labute approximate surface area is 382 Å². The van der Waals surface area contributed by atoms with Gasteiger partial charge in [0.15, 0.2) is 46.0 Å². The average Bonchev–Trinajstić information content (AvgIpc) is 3.29. The molecule has 0 aliphatic rings. The van der Waals surface area contributed by atoms with E-state index < -0.39 is 0 Å². The number of carbonyl (C=O) groups excluding carboxylic acids is 2. The van der Waals surface area contributed by atoms with E-state index in [-0.39, 0.29) is 57.3 Å². The Bertz CT molecular complexity index is 2140. The summed E-state index contributed by atoms with van der Waals surface area (Å²) in [5.74, 6) is 2.67. The first kappa shape index (κ1) is 59.0. The van der Waals surface area contributed by atoms with Crippen molar-refractivity contribution in [2.75, 3.05) is 67.5 Å². The molecular formula is C48H62B2N2O12. The van der Waals surface area contributed by atoms with E-state index in [0.29, 0.717) is 51.3 Å². The molecule has 6 radical (unpaired) electrons. The van der Waals surface area contributed by atoms with Gasteiger partial charge in [-0.3, -0.25) is 9.59 Å². The fourth-order valence-corrected chi connectivity index (χ4v) is 5.45. The molecule has 64 heavy (non-hydrogen) atoms. The number of hydrogen-bond acceptors (Lipinski definition) is 12. The van der Waals surface area contributed by atoms with E-state index in [1.807, 2.05) is 58.1 Å². The first-order chi connectivity index (χ1) is 29.9. The highest BCUT2D eigenvalue weighted by molar-refractivity contribution is 6.01. The third kappa shape index (κ3) is 17.0. The van der Waals surface area contributed by atoms with Gasteiger partial charge in [0.1, 0.15) is 0 Å². The summed E-state index contributed by atoms with van der Waals surface area (Å²) in [6.45, 7) is 11.5. The van der Waals surface area contributed by atoms with Crippen molar-refractivity contribution in [3.8, 4) is 57.5 Å². The number of carbonyl (C=O) groups is 2. The second-order valence-corrected chi connectivity index (χ2v) is 11.8. The molecular weight excluding hydrogens is 818 g/mol. The molecule has 0 spiro atoms. The number of anilines is 2. The molecule has 0 saturated carbocycles. The molecule has 0 saturated heterocycles. The quantitative estimate of drug-likeness (QED) is 0.0364. The van der Waals surface area contributed by atoms with Crippen molar-refractivity contribution in [3.63, 3.8) is 0 Å². The van der Waals surface area contributed by atoms with Gasteiger partial charge in [-0.05, 0) is 96.8 Å². The Morgan fingerprint density at radius 3 is 1.06 bits per heavy atom. The summed E-state index contributed by atoms with van der Waals surface area (Å²) in [7, 11) is 12.1. The van der Waals surface area contributed by atoms with Crippen LogP contribution in [0.5, 0.6) is 57.5 Å². The number of amides is 2. The van der Waals surface area contributed by atoms with Crippen LogP contribution in [0.3, 0.4) is 0 Å².